The highest BCUT2D eigenvalue weighted by atomic mass is 35.5. The molecule has 0 aliphatic carbocycles. The lowest BCUT2D eigenvalue weighted by Crippen LogP contribution is -2.14. The van der Waals surface area contributed by atoms with Gasteiger partial charge in [0.05, 0.1) is 10.7 Å². The molecule has 0 N–H and O–H groups in total. The molecule has 0 saturated carbocycles. The summed E-state index contributed by atoms with van der Waals surface area (Å²) < 4.78 is 11.9. The number of halogens is 1. The maximum atomic E-state index is 11.8. The van der Waals surface area contributed by atoms with Gasteiger partial charge >= 0.3 is 0 Å². The van der Waals surface area contributed by atoms with E-state index in [4.69, 9.17) is 20.9 Å². The summed E-state index contributed by atoms with van der Waals surface area (Å²) in [6.45, 7) is 1.92. The Labute approximate surface area is 119 Å². The molecule has 0 fully saturated rings. The molecule has 0 aliphatic heterocycles. The minimum absolute atomic E-state index is 0.166. The minimum atomic E-state index is -0.277. The van der Waals surface area contributed by atoms with Gasteiger partial charge < -0.3 is 9.26 Å². The van der Waals surface area contributed by atoms with Crippen LogP contribution in [0, 0.1) is 6.92 Å². The summed E-state index contributed by atoms with van der Waals surface area (Å²) in [5.74, 6) is 1.18. The van der Waals surface area contributed by atoms with Crippen molar-refractivity contribution in [2.45, 2.75) is 13.5 Å². The average molecular weight is 291 g/mol. The van der Waals surface area contributed by atoms with Gasteiger partial charge in [0.25, 0.3) is 5.56 Å². The Bertz CT molecular complexity index is 823. The standard InChI is InChI=1S/C14H11ClN2O3/c1-9-6-13-16-10(7-14(18)17(13)20-9)8-19-12-5-3-2-4-11(12)15/h2-7H,8H2,1H3. The van der Waals surface area contributed by atoms with Crippen LogP contribution in [0.4, 0.5) is 0 Å². The van der Waals surface area contributed by atoms with E-state index in [9.17, 15) is 4.79 Å². The molecule has 0 atom stereocenters. The predicted octanol–water partition coefficient (Wildman–Crippen LogP) is 2.83. The fraction of sp³-hybridized carbons (Fsp3) is 0.143. The first-order chi connectivity index (χ1) is 9.63. The van der Waals surface area contributed by atoms with Gasteiger partial charge in [-0.15, -0.1) is 4.57 Å². The van der Waals surface area contributed by atoms with E-state index < -0.39 is 0 Å². The number of aryl methyl sites for hydroxylation is 1. The van der Waals surface area contributed by atoms with Crippen LogP contribution in [-0.4, -0.2) is 9.56 Å². The van der Waals surface area contributed by atoms with Gasteiger partial charge in [0, 0.05) is 12.1 Å². The smallest absolute Gasteiger partial charge is 0.287 e. The van der Waals surface area contributed by atoms with Crippen LogP contribution in [-0.2, 0) is 6.61 Å². The molecule has 0 aliphatic rings. The lowest BCUT2D eigenvalue weighted by molar-refractivity contribution is 0.299. The van der Waals surface area contributed by atoms with Crippen molar-refractivity contribution in [3.8, 4) is 5.75 Å². The molecule has 2 heterocycles. The zero-order valence-electron chi connectivity index (χ0n) is 10.7. The second-order valence-electron chi connectivity index (χ2n) is 4.30. The van der Waals surface area contributed by atoms with Crippen LogP contribution in [0.3, 0.4) is 0 Å². The summed E-state index contributed by atoms with van der Waals surface area (Å²) in [6, 6.07) is 10.2. The number of nitrogens with zero attached hydrogens (tertiary/aromatic N) is 2. The first-order valence-corrected chi connectivity index (χ1v) is 6.38. The fourth-order valence-electron chi connectivity index (χ4n) is 1.86. The third kappa shape index (κ3) is 2.40. The molecule has 5 nitrogen and oxygen atoms in total. The highest BCUT2D eigenvalue weighted by Gasteiger charge is 2.08. The molecule has 0 saturated heterocycles. The van der Waals surface area contributed by atoms with E-state index in [0.29, 0.717) is 27.9 Å². The van der Waals surface area contributed by atoms with Gasteiger partial charge in [0.15, 0.2) is 5.65 Å². The van der Waals surface area contributed by atoms with Crippen LogP contribution in [0.5, 0.6) is 5.75 Å². The van der Waals surface area contributed by atoms with Gasteiger partial charge in [-0.05, 0) is 19.1 Å². The van der Waals surface area contributed by atoms with Gasteiger partial charge in [-0.3, -0.25) is 4.79 Å². The summed E-state index contributed by atoms with van der Waals surface area (Å²) in [4.78, 5) is 16.1. The quantitative estimate of drug-likeness (QED) is 0.744. The van der Waals surface area contributed by atoms with E-state index in [1.165, 1.54) is 6.07 Å². The molecule has 2 aromatic heterocycles. The van der Waals surface area contributed by atoms with Crippen LogP contribution in [0.25, 0.3) is 5.65 Å². The number of hydrogen-bond donors (Lipinski definition) is 0. The lowest BCUT2D eigenvalue weighted by Gasteiger charge is -2.06. The van der Waals surface area contributed by atoms with Gasteiger partial charge in [-0.2, -0.15) is 0 Å². The summed E-state index contributed by atoms with van der Waals surface area (Å²) in [5.41, 5.74) is 0.712. The molecule has 3 aromatic rings. The largest absolute Gasteiger partial charge is 0.486 e. The molecular formula is C14H11ClN2O3. The molecular weight excluding hydrogens is 280 g/mol. The van der Waals surface area contributed by atoms with E-state index >= 15 is 0 Å². The van der Waals surface area contributed by atoms with Crippen LogP contribution < -0.4 is 10.3 Å². The van der Waals surface area contributed by atoms with Crippen molar-refractivity contribution in [1.29, 1.82) is 0 Å². The van der Waals surface area contributed by atoms with E-state index in [-0.39, 0.29) is 12.2 Å². The van der Waals surface area contributed by atoms with Crippen molar-refractivity contribution in [2.75, 3.05) is 0 Å². The van der Waals surface area contributed by atoms with Gasteiger partial charge in [0.2, 0.25) is 0 Å². The van der Waals surface area contributed by atoms with E-state index in [1.807, 2.05) is 12.1 Å². The third-order valence-electron chi connectivity index (χ3n) is 2.74. The second-order valence-corrected chi connectivity index (χ2v) is 4.71. The van der Waals surface area contributed by atoms with Crippen molar-refractivity contribution < 1.29 is 9.26 Å². The Morgan fingerprint density at radius 3 is 2.95 bits per heavy atom. The van der Waals surface area contributed by atoms with Crippen molar-refractivity contribution in [3.63, 3.8) is 0 Å². The highest BCUT2D eigenvalue weighted by Crippen LogP contribution is 2.23. The maximum Gasteiger partial charge on any atom is 0.287 e. The maximum absolute atomic E-state index is 11.8. The van der Waals surface area contributed by atoms with Crippen molar-refractivity contribution in [2.24, 2.45) is 0 Å². The van der Waals surface area contributed by atoms with E-state index in [2.05, 4.69) is 4.98 Å². The summed E-state index contributed by atoms with van der Waals surface area (Å²) in [5, 5.41) is 0.518. The number of rotatable bonds is 3. The Hall–Kier alpha value is -2.27. The molecule has 20 heavy (non-hydrogen) atoms. The van der Waals surface area contributed by atoms with Crippen molar-refractivity contribution >= 4 is 17.2 Å². The zero-order valence-corrected chi connectivity index (χ0v) is 11.4. The van der Waals surface area contributed by atoms with Crippen molar-refractivity contribution in [3.05, 3.63) is 63.2 Å². The number of aromatic nitrogens is 2. The molecule has 6 heteroatoms. The Morgan fingerprint density at radius 2 is 2.15 bits per heavy atom. The SMILES string of the molecule is Cc1cc2nc(COc3ccccc3Cl)cc(=O)n2o1. The van der Waals surface area contributed by atoms with E-state index in [0.717, 1.165) is 4.57 Å². The average Bonchev–Trinajstić information content (AvgIpc) is 2.79. The zero-order chi connectivity index (χ0) is 14.1. The first kappa shape index (κ1) is 12.7. The Kier molecular flexibility index (Phi) is 3.20. The fourth-order valence-corrected chi connectivity index (χ4v) is 2.05. The molecule has 1 aromatic carbocycles. The summed E-state index contributed by atoms with van der Waals surface area (Å²) in [6.07, 6.45) is 0. The van der Waals surface area contributed by atoms with E-state index in [1.54, 1.807) is 25.1 Å². The number of ether oxygens (including phenoxy) is 1. The minimum Gasteiger partial charge on any atom is -0.486 e. The van der Waals surface area contributed by atoms with Gasteiger partial charge in [-0.25, -0.2) is 4.98 Å². The molecule has 3 rings (SSSR count). The number of benzene rings is 1. The number of para-hydroxylation sites is 1. The number of hydrogen-bond acceptors (Lipinski definition) is 4. The van der Waals surface area contributed by atoms with Crippen LogP contribution in [0.15, 0.2) is 45.7 Å². The predicted molar refractivity (Wildman–Crippen MR) is 74.2 cm³/mol. The molecule has 0 amide bonds. The van der Waals surface area contributed by atoms with Crippen LogP contribution in [0.2, 0.25) is 5.02 Å². The second kappa shape index (κ2) is 5.02. The molecule has 0 unspecified atom stereocenters. The molecule has 0 spiro atoms. The van der Waals surface area contributed by atoms with Gasteiger partial charge in [0.1, 0.15) is 18.1 Å². The van der Waals surface area contributed by atoms with Crippen molar-refractivity contribution in [1.82, 2.24) is 9.56 Å². The van der Waals surface area contributed by atoms with Gasteiger partial charge in [-0.1, -0.05) is 23.7 Å². The van der Waals surface area contributed by atoms with Crippen LogP contribution >= 0.6 is 11.6 Å². The Balaban J connectivity index is 1.88. The topological polar surface area (TPSA) is 56.7 Å². The lowest BCUT2D eigenvalue weighted by atomic mass is 10.3. The van der Waals surface area contributed by atoms with Crippen LogP contribution in [0.1, 0.15) is 11.5 Å². The summed E-state index contributed by atoms with van der Waals surface area (Å²) >= 11 is 5.99. The molecule has 0 radical (unpaired) electrons. The normalized spacial score (nSPS) is 10.9. The monoisotopic (exact) mass is 290 g/mol. The Morgan fingerprint density at radius 1 is 1.35 bits per heavy atom. The molecule has 102 valence electrons. The number of fused-ring (bicyclic) bond motifs is 1. The first-order valence-electron chi connectivity index (χ1n) is 6.00. The third-order valence-corrected chi connectivity index (χ3v) is 3.05. The summed E-state index contributed by atoms with van der Waals surface area (Å²) in [7, 11) is 0. The molecule has 0 bridgehead atoms. The highest BCUT2D eigenvalue weighted by molar-refractivity contribution is 6.32.